The van der Waals surface area contributed by atoms with Crippen molar-refractivity contribution in [2.75, 3.05) is 19.1 Å². The minimum Gasteiger partial charge on any atom is -0.497 e. The molecule has 0 aliphatic rings. The third-order valence-corrected chi connectivity index (χ3v) is 5.74. The molecule has 0 saturated heterocycles. The van der Waals surface area contributed by atoms with Gasteiger partial charge in [-0.25, -0.2) is 4.98 Å². The Hall–Kier alpha value is -4.59. The Bertz CT molecular complexity index is 1500. The topological polar surface area (TPSA) is 93.5 Å². The fourth-order valence-corrected chi connectivity index (χ4v) is 4.03. The van der Waals surface area contributed by atoms with Gasteiger partial charge in [-0.05, 0) is 36.8 Å². The van der Waals surface area contributed by atoms with Gasteiger partial charge in [0, 0.05) is 36.4 Å². The number of rotatable bonds is 6. The number of carbonyl (C=O) groups is 1. The van der Waals surface area contributed by atoms with Crippen molar-refractivity contribution in [2.24, 2.45) is 0 Å². The first-order chi connectivity index (χ1) is 17.0. The van der Waals surface area contributed by atoms with E-state index < -0.39 is 0 Å². The van der Waals surface area contributed by atoms with Gasteiger partial charge in [0.15, 0.2) is 5.58 Å². The molecule has 0 bridgehead atoms. The molecule has 5 rings (SSSR count). The quantitative estimate of drug-likeness (QED) is 0.334. The molecule has 3 aromatic carbocycles. The summed E-state index contributed by atoms with van der Waals surface area (Å²) in [5.41, 5.74) is 6.38. The molecule has 8 heteroatoms. The highest BCUT2D eigenvalue weighted by Crippen LogP contribution is 2.36. The van der Waals surface area contributed by atoms with Crippen LogP contribution in [-0.2, 0) is 4.79 Å². The molecule has 2 heterocycles. The highest BCUT2D eigenvalue weighted by atomic mass is 16.5. The molecule has 0 aliphatic heterocycles. The first kappa shape index (κ1) is 22.2. The number of benzene rings is 3. The Kier molecular flexibility index (Phi) is 5.70. The number of ether oxygens (including phenoxy) is 2. The maximum Gasteiger partial charge on any atom is 0.231 e. The molecule has 0 radical (unpaired) electrons. The van der Waals surface area contributed by atoms with Crippen molar-refractivity contribution in [3.05, 3.63) is 72.4 Å². The molecule has 0 atom stereocenters. The second-order valence-corrected chi connectivity index (χ2v) is 8.12. The molecule has 35 heavy (non-hydrogen) atoms. The van der Waals surface area contributed by atoms with Gasteiger partial charge in [0.2, 0.25) is 11.8 Å². The lowest BCUT2D eigenvalue weighted by atomic mass is 10.1. The highest BCUT2D eigenvalue weighted by Gasteiger charge is 2.19. The van der Waals surface area contributed by atoms with Crippen molar-refractivity contribution < 1.29 is 18.7 Å². The molecule has 1 amide bonds. The molecule has 2 aromatic heterocycles. The summed E-state index contributed by atoms with van der Waals surface area (Å²) in [6.45, 7) is 3.53. The normalized spacial score (nSPS) is 11.0. The number of aromatic amines is 1. The van der Waals surface area contributed by atoms with Gasteiger partial charge in [-0.2, -0.15) is 5.10 Å². The number of anilines is 2. The summed E-state index contributed by atoms with van der Waals surface area (Å²) in [4.78, 5) is 18.8. The molecule has 176 valence electrons. The average Bonchev–Trinajstić information content (AvgIpc) is 3.51. The maximum absolute atomic E-state index is 12.6. The van der Waals surface area contributed by atoms with Crippen molar-refractivity contribution in [2.45, 2.75) is 13.8 Å². The number of amides is 1. The third kappa shape index (κ3) is 4.21. The van der Waals surface area contributed by atoms with Gasteiger partial charge in [-0.1, -0.05) is 18.2 Å². The van der Waals surface area contributed by atoms with Crippen LogP contribution in [0.15, 0.2) is 71.3 Å². The zero-order valence-electron chi connectivity index (χ0n) is 19.8. The Balaban J connectivity index is 1.50. The van der Waals surface area contributed by atoms with E-state index in [2.05, 4.69) is 15.2 Å². The summed E-state index contributed by atoms with van der Waals surface area (Å²) in [5, 5.41) is 7.26. The molecule has 0 aliphatic carbocycles. The molecule has 5 aromatic rings. The molecule has 0 fully saturated rings. The number of nitrogens with one attached hydrogen (secondary N) is 1. The molecule has 0 unspecified atom stereocenters. The molecule has 0 saturated carbocycles. The Morgan fingerprint density at radius 3 is 2.31 bits per heavy atom. The van der Waals surface area contributed by atoms with Gasteiger partial charge >= 0.3 is 0 Å². The first-order valence-electron chi connectivity index (χ1n) is 11.0. The van der Waals surface area contributed by atoms with Crippen molar-refractivity contribution in [1.29, 1.82) is 0 Å². The largest absolute Gasteiger partial charge is 0.497 e. The monoisotopic (exact) mass is 468 g/mol. The van der Waals surface area contributed by atoms with Crippen LogP contribution >= 0.6 is 0 Å². The molecule has 8 nitrogen and oxygen atoms in total. The number of fused-ring (bicyclic) bond motifs is 1. The summed E-state index contributed by atoms with van der Waals surface area (Å²) in [5.74, 6) is 1.54. The van der Waals surface area contributed by atoms with Gasteiger partial charge in [0.05, 0.1) is 37.4 Å². The standard InChI is InChI=1S/C27H24N4O4/c1-16-5-10-24-25(11-16)35-27(29-24)23-15-28-30-26(23)18-6-8-19(9-7-18)31(17(2)32)20-12-21(33-3)14-22(13-20)34-4/h5-15H,1-4H3,(H,28,30). The molecule has 1 N–H and O–H groups in total. The van der Waals surface area contributed by atoms with E-state index >= 15 is 0 Å². The van der Waals surface area contributed by atoms with E-state index in [-0.39, 0.29) is 5.91 Å². The van der Waals surface area contributed by atoms with E-state index in [1.165, 1.54) is 6.92 Å². The minimum absolute atomic E-state index is 0.142. The summed E-state index contributed by atoms with van der Waals surface area (Å²) >= 11 is 0. The average molecular weight is 469 g/mol. The van der Waals surface area contributed by atoms with Crippen LogP contribution < -0.4 is 14.4 Å². The Labute approximate surface area is 202 Å². The van der Waals surface area contributed by atoms with Crippen molar-refractivity contribution >= 4 is 28.4 Å². The SMILES string of the molecule is COc1cc(OC)cc(N(C(C)=O)c2ccc(-c3[nH]ncc3-c3nc4ccc(C)cc4o3)cc2)c1. The maximum atomic E-state index is 12.6. The van der Waals surface area contributed by atoms with Crippen molar-refractivity contribution in [1.82, 2.24) is 15.2 Å². The number of hydrogen-bond donors (Lipinski definition) is 1. The molecule has 0 spiro atoms. The van der Waals surface area contributed by atoms with Crippen LogP contribution in [-0.4, -0.2) is 35.3 Å². The Morgan fingerprint density at radius 1 is 0.943 bits per heavy atom. The predicted molar refractivity (Wildman–Crippen MR) is 134 cm³/mol. The smallest absolute Gasteiger partial charge is 0.231 e. The lowest BCUT2D eigenvalue weighted by Crippen LogP contribution is -2.22. The van der Waals surface area contributed by atoms with Crippen LogP contribution in [0.3, 0.4) is 0 Å². The van der Waals surface area contributed by atoms with E-state index in [0.717, 1.165) is 33.5 Å². The van der Waals surface area contributed by atoms with Gasteiger partial charge in [0.1, 0.15) is 17.0 Å². The number of aryl methyl sites for hydroxylation is 1. The number of aromatic nitrogens is 3. The summed E-state index contributed by atoms with van der Waals surface area (Å²) < 4.78 is 16.7. The molecular weight excluding hydrogens is 444 g/mol. The number of oxazole rings is 1. The highest BCUT2D eigenvalue weighted by molar-refractivity contribution is 5.99. The van der Waals surface area contributed by atoms with Crippen LogP contribution in [0.5, 0.6) is 11.5 Å². The second kappa shape index (κ2) is 8.98. The second-order valence-electron chi connectivity index (χ2n) is 8.12. The minimum atomic E-state index is -0.142. The van der Waals surface area contributed by atoms with E-state index in [9.17, 15) is 4.79 Å². The first-order valence-corrected chi connectivity index (χ1v) is 11.0. The van der Waals surface area contributed by atoms with Crippen LogP contribution in [0.25, 0.3) is 33.8 Å². The Morgan fingerprint density at radius 2 is 1.66 bits per heavy atom. The van der Waals surface area contributed by atoms with Crippen LogP contribution in [0.1, 0.15) is 12.5 Å². The number of nitrogens with zero attached hydrogens (tertiary/aromatic N) is 3. The number of hydrogen-bond acceptors (Lipinski definition) is 6. The lowest BCUT2D eigenvalue weighted by Gasteiger charge is -2.23. The van der Waals surface area contributed by atoms with Crippen molar-refractivity contribution in [3.8, 4) is 34.2 Å². The third-order valence-electron chi connectivity index (χ3n) is 5.74. The van der Waals surface area contributed by atoms with Gasteiger partial charge < -0.3 is 13.9 Å². The lowest BCUT2D eigenvalue weighted by molar-refractivity contribution is -0.115. The van der Waals surface area contributed by atoms with E-state index in [1.54, 1.807) is 43.5 Å². The van der Waals surface area contributed by atoms with Crippen molar-refractivity contribution in [3.63, 3.8) is 0 Å². The van der Waals surface area contributed by atoms with Crippen LogP contribution in [0.4, 0.5) is 11.4 Å². The van der Waals surface area contributed by atoms with E-state index in [0.29, 0.717) is 28.8 Å². The summed E-state index contributed by atoms with van der Waals surface area (Å²) in [6, 6.07) is 18.9. The number of methoxy groups -OCH3 is 2. The fraction of sp³-hybridized carbons (Fsp3) is 0.148. The van der Waals surface area contributed by atoms with Gasteiger partial charge in [-0.15, -0.1) is 0 Å². The van der Waals surface area contributed by atoms with Crippen LogP contribution in [0, 0.1) is 6.92 Å². The zero-order chi connectivity index (χ0) is 24.5. The van der Waals surface area contributed by atoms with Gasteiger partial charge in [-0.3, -0.25) is 14.8 Å². The van der Waals surface area contributed by atoms with E-state index in [1.807, 2.05) is 49.4 Å². The van der Waals surface area contributed by atoms with Crippen LogP contribution in [0.2, 0.25) is 0 Å². The zero-order valence-corrected chi connectivity index (χ0v) is 19.8. The fourth-order valence-electron chi connectivity index (χ4n) is 4.03. The number of H-pyrrole nitrogens is 1. The summed E-state index contributed by atoms with van der Waals surface area (Å²) in [7, 11) is 3.15. The number of carbonyl (C=O) groups excluding carboxylic acids is 1. The predicted octanol–water partition coefficient (Wildman–Crippen LogP) is 5.90. The summed E-state index contributed by atoms with van der Waals surface area (Å²) in [6.07, 6.45) is 1.70. The van der Waals surface area contributed by atoms with Gasteiger partial charge in [0.25, 0.3) is 0 Å². The molecular formula is C27H24N4O4. The van der Waals surface area contributed by atoms with E-state index in [4.69, 9.17) is 13.9 Å².